The summed E-state index contributed by atoms with van der Waals surface area (Å²) in [5, 5.41) is 2.40. The van der Waals surface area contributed by atoms with E-state index in [0.717, 1.165) is 12.8 Å². The minimum atomic E-state index is -2.91. The molecular formula is C30H38O2Si. The zero-order chi connectivity index (χ0) is 23.1. The molecule has 33 heavy (non-hydrogen) atoms. The highest BCUT2D eigenvalue weighted by Crippen LogP contribution is 2.37. The lowest BCUT2D eigenvalue weighted by atomic mass is 9.75. The van der Waals surface area contributed by atoms with Gasteiger partial charge in [-0.15, -0.1) is 0 Å². The van der Waals surface area contributed by atoms with Gasteiger partial charge in [0.05, 0.1) is 6.10 Å². The molecule has 3 atom stereocenters. The summed E-state index contributed by atoms with van der Waals surface area (Å²) in [6.45, 7) is 7.72. The zero-order valence-corrected chi connectivity index (χ0v) is 21.3. The molecule has 0 bridgehead atoms. The Hall–Kier alpha value is -2.20. The van der Waals surface area contributed by atoms with Crippen LogP contribution >= 0.6 is 0 Å². The van der Waals surface area contributed by atoms with E-state index >= 15 is 0 Å². The van der Waals surface area contributed by atoms with Crippen LogP contribution in [0, 0.1) is 17.8 Å². The summed E-state index contributed by atoms with van der Waals surface area (Å²) >= 11 is 0. The summed E-state index contributed by atoms with van der Waals surface area (Å²) < 4.78 is 14.3. The number of benzene rings is 3. The fourth-order valence-electron chi connectivity index (χ4n) is 5.24. The van der Waals surface area contributed by atoms with Gasteiger partial charge in [-0.1, -0.05) is 118 Å². The Morgan fingerprint density at radius 3 is 1.88 bits per heavy atom. The molecule has 3 heteroatoms. The summed E-state index contributed by atoms with van der Waals surface area (Å²) in [5.74, 6) is 1.86. The standard InChI is InChI=1S/C30H38O2Si/c1-24(2)29-20-19-25(3)23-30(29)32-33(27-15-9-5-10-16-27,28-17-11-6-12-18-28)31-22-21-26-13-7-4-8-14-26/h4-18,24-25,29-30H,19-23H2,1-3H3. The van der Waals surface area contributed by atoms with Crippen LogP contribution in [-0.2, 0) is 15.3 Å². The monoisotopic (exact) mass is 458 g/mol. The molecule has 0 radical (unpaired) electrons. The van der Waals surface area contributed by atoms with Gasteiger partial charge in [0.15, 0.2) is 0 Å². The SMILES string of the molecule is CC1CCC(C(C)C)C(O[Si](OCCc2ccccc2)(c2ccccc2)c2ccccc2)C1. The molecule has 1 saturated carbocycles. The van der Waals surface area contributed by atoms with Crippen molar-refractivity contribution in [3.05, 3.63) is 96.6 Å². The van der Waals surface area contributed by atoms with Crippen LogP contribution in [0.5, 0.6) is 0 Å². The number of rotatable bonds is 9. The third-order valence-electron chi connectivity index (χ3n) is 7.13. The maximum Gasteiger partial charge on any atom is 0.407 e. The number of hydrogen-bond donors (Lipinski definition) is 0. The predicted molar refractivity (Wildman–Crippen MR) is 140 cm³/mol. The highest BCUT2D eigenvalue weighted by atomic mass is 28.4. The van der Waals surface area contributed by atoms with Crippen molar-refractivity contribution in [2.24, 2.45) is 17.8 Å². The predicted octanol–water partition coefficient (Wildman–Crippen LogP) is 5.98. The smallest absolute Gasteiger partial charge is 0.387 e. The Bertz CT molecular complexity index is 919. The van der Waals surface area contributed by atoms with Crippen LogP contribution in [0.4, 0.5) is 0 Å². The largest absolute Gasteiger partial charge is 0.407 e. The van der Waals surface area contributed by atoms with Gasteiger partial charge in [-0.2, -0.15) is 0 Å². The van der Waals surface area contributed by atoms with Crippen LogP contribution in [0.15, 0.2) is 91.0 Å². The first-order valence-corrected chi connectivity index (χ1v) is 14.4. The van der Waals surface area contributed by atoms with Crippen LogP contribution in [0.2, 0.25) is 0 Å². The van der Waals surface area contributed by atoms with Crippen LogP contribution < -0.4 is 10.4 Å². The van der Waals surface area contributed by atoms with Gasteiger partial charge < -0.3 is 8.85 Å². The molecule has 0 aliphatic heterocycles. The van der Waals surface area contributed by atoms with Gasteiger partial charge in [-0.25, -0.2) is 0 Å². The molecule has 174 valence electrons. The Morgan fingerprint density at radius 1 is 0.788 bits per heavy atom. The molecule has 3 aromatic rings. The number of hydrogen-bond acceptors (Lipinski definition) is 2. The zero-order valence-electron chi connectivity index (χ0n) is 20.3. The molecule has 1 aliphatic rings. The van der Waals surface area contributed by atoms with Gasteiger partial charge >= 0.3 is 8.56 Å². The molecule has 3 aromatic carbocycles. The Balaban J connectivity index is 1.72. The van der Waals surface area contributed by atoms with E-state index in [1.54, 1.807) is 0 Å². The molecule has 2 nitrogen and oxygen atoms in total. The van der Waals surface area contributed by atoms with Crippen molar-refractivity contribution >= 4 is 18.9 Å². The normalized spacial score (nSPS) is 21.3. The summed E-state index contributed by atoms with van der Waals surface area (Å²) in [5.41, 5.74) is 1.30. The van der Waals surface area contributed by atoms with Gasteiger partial charge in [0.2, 0.25) is 0 Å². The molecular weight excluding hydrogens is 420 g/mol. The fourth-order valence-corrected chi connectivity index (χ4v) is 8.60. The second-order valence-electron chi connectivity index (χ2n) is 9.92. The molecule has 3 unspecified atom stereocenters. The van der Waals surface area contributed by atoms with Crippen molar-refractivity contribution in [3.8, 4) is 0 Å². The summed E-state index contributed by atoms with van der Waals surface area (Å²) in [4.78, 5) is 0. The third-order valence-corrected chi connectivity index (χ3v) is 10.6. The average Bonchev–Trinajstić information content (AvgIpc) is 2.85. The van der Waals surface area contributed by atoms with Gasteiger partial charge in [0.25, 0.3) is 0 Å². The van der Waals surface area contributed by atoms with Crippen LogP contribution in [0.1, 0.15) is 45.6 Å². The van der Waals surface area contributed by atoms with Crippen molar-refractivity contribution in [2.75, 3.05) is 6.61 Å². The van der Waals surface area contributed by atoms with E-state index in [1.807, 2.05) is 0 Å². The van der Waals surface area contributed by atoms with E-state index in [-0.39, 0.29) is 6.10 Å². The second kappa shape index (κ2) is 11.3. The molecule has 0 spiro atoms. The minimum Gasteiger partial charge on any atom is -0.387 e. The first kappa shape index (κ1) is 23.9. The van der Waals surface area contributed by atoms with E-state index in [0.29, 0.717) is 24.4 Å². The van der Waals surface area contributed by atoms with Gasteiger partial charge in [0.1, 0.15) is 0 Å². The van der Waals surface area contributed by atoms with Crippen LogP contribution in [-0.4, -0.2) is 21.3 Å². The molecule has 0 heterocycles. The summed E-state index contributed by atoms with van der Waals surface area (Å²) in [6.07, 6.45) is 4.74. The molecule has 4 rings (SSSR count). The first-order chi connectivity index (χ1) is 16.1. The van der Waals surface area contributed by atoms with E-state index in [2.05, 4.69) is 112 Å². The van der Waals surface area contributed by atoms with Crippen molar-refractivity contribution in [2.45, 2.75) is 52.6 Å². The van der Waals surface area contributed by atoms with Crippen molar-refractivity contribution in [3.63, 3.8) is 0 Å². The maximum absolute atomic E-state index is 7.35. The van der Waals surface area contributed by atoms with Crippen molar-refractivity contribution < 1.29 is 8.85 Å². The third kappa shape index (κ3) is 5.84. The van der Waals surface area contributed by atoms with Gasteiger partial charge in [-0.3, -0.25) is 0 Å². The van der Waals surface area contributed by atoms with E-state index in [4.69, 9.17) is 8.85 Å². The van der Waals surface area contributed by atoms with Gasteiger partial charge in [0, 0.05) is 6.61 Å². The molecule has 0 aromatic heterocycles. The quantitative estimate of drug-likeness (QED) is 0.367. The minimum absolute atomic E-state index is 0.220. The first-order valence-electron chi connectivity index (χ1n) is 12.5. The highest BCUT2D eigenvalue weighted by Gasteiger charge is 2.47. The van der Waals surface area contributed by atoms with Crippen molar-refractivity contribution in [1.82, 2.24) is 0 Å². The molecule has 0 N–H and O–H groups in total. The van der Waals surface area contributed by atoms with Crippen LogP contribution in [0.3, 0.4) is 0 Å². The summed E-state index contributed by atoms with van der Waals surface area (Å²) in [7, 11) is -2.91. The fraction of sp³-hybridized carbons (Fsp3) is 0.400. The molecule has 0 saturated heterocycles. The maximum atomic E-state index is 7.35. The lowest BCUT2D eigenvalue weighted by molar-refractivity contribution is 0.0206. The average molecular weight is 459 g/mol. The van der Waals surface area contributed by atoms with Crippen molar-refractivity contribution in [1.29, 1.82) is 0 Å². The van der Waals surface area contributed by atoms with E-state index < -0.39 is 8.56 Å². The topological polar surface area (TPSA) is 18.5 Å². The molecule has 1 aliphatic carbocycles. The molecule has 1 fully saturated rings. The highest BCUT2D eigenvalue weighted by molar-refractivity contribution is 6.92. The Kier molecular flexibility index (Phi) is 8.18. The lowest BCUT2D eigenvalue weighted by Gasteiger charge is -2.43. The summed E-state index contributed by atoms with van der Waals surface area (Å²) in [6, 6.07) is 32.1. The Morgan fingerprint density at radius 2 is 1.33 bits per heavy atom. The van der Waals surface area contributed by atoms with Crippen LogP contribution in [0.25, 0.3) is 0 Å². The van der Waals surface area contributed by atoms with E-state index in [1.165, 1.54) is 28.8 Å². The molecule has 0 amide bonds. The van der Waals surface area contributed by atoms with Gasteiger partial charge in [-0.05, 0) is 53.0 Å². The Labute approximate surface area is 201 Å². The lowest BCUT2D eigenvalue weighted by Crippen LogP contribution is -2.66. The second-order valence-corrected chi connectivity index (χ2v) is 12.8. The van der Waals surface area contributed by atoms with E-state index in [9.17, 15) is 0 Å².